The van der Waals surface area contributed by atoms with Crippen LogP contribution in [-0.2, 0) is 4.74 Å². The number of rotatable bonds is 5. The lowest BCUT2D eigenvalue weighted by Gasteiger charge is -2.09. The third-order valence-electron chi connectivity index (χ3n) is 2.70. The van der Waals surface area contributed by atoms with Gasteiger partial charge < -0.3 is 14.8 Å². The second-order valence-electron chi connectivity index (χ2n) is 4.13. The predicted octanol–water partition coefficient (Wildman–Crippen LogP) is 3.66. The molecule has 1 aromatic carbocycles. The van der Waals surface area contributed by atoms with Gasteiger partial charge in [-0.05, 0) is 31.2 Å². The number of hydrogen-bond donors (Lipinski definition) is 1. The zero-order chi connectivity index (χ0) is 15.2. The van der Waals surface area contributed by atoms with Crippen LogP contribution in [0.25, 0.3) is 0 Å². The molecule has 0 atom stereocenters. The zero-order valence-electron chi connectivity index (χ0n) is 11.7. The van der Waals surface area contributed by atoms with E-state index in [0.717, 1.165) is 5.69 Å². The van der Waals surface area contributed by atoms with Crippen molar-refractivity contribution >= 4 is 29.1 Å². The zero-order valence-corrected chi connectivity index (χ0v) is 12.5. The lowest BCUT2D eigenvalue weighted by molar-refractivity contribution is 0.0526. The highest BCUT2D eigenvalue weighted by atomic mass is 35.5. The number of aromatic nitrogens is 1. The first-order valence-electron chi connectivity index (χ1n) is 6.37. The molecule has 0 fully saturated rings. The quantitative estimate of drug-likeness (QED) is 0.854. The molecule has 2 aromatic rings. The fourth-order valence-electron chi connectivity index (χ4n) is 1.69. The highest BCUT2D eigenvalue weighted by molar-refractivity contribution is 6.32. The van der Waals surface area contributed by atoms with Gasteiger partial charge in [-0.15, -0.1) is 0 Å². The number of pyridine rings is 1. The molecule has 0 amide bonds. The molecule has 6 heteroatoms. The Bertz CT molecular complexity index is 629. The normalized spacial score (nSPS) is 10.0. The number of benzene rings is 1. The van der Waals surface area contributed by atoms with Gasteiger partial charge in [-0.3, -0.25) is 0 Å². The Morgan fingerprint density at radius 1 is 1.33 bits per heavy atom. The van der Waals surface area contributed by atoms with Crippen molar-refractivity contribution in [1.82, 2.24) is 4.98 Å². The molecule has 5 nitrogen and oxygen atoms in total. The van der Waals surface area contributed by atoms with Crippen molar-refractivity contribution in [1.29, 1.82) is 0 Å². The molecule has 0 aliphatic heterocycles. The summed E-state index contributed by atoms with van der Waals surface area (Å²) in [5.41, 5.74) is 1.20. The average molecular weight is 307 g/mol. The first-order chi connectivity index (χ1) is 10.1. The number of carbonyl (C=O) groups excluding carboxylic acids is 1. The lowest BCUT2D eigenvalue weighted by atomic mass is 10.2. The molecule has 0 bridgehead atoms. The number of carbonyl (C=O) groups is 1. The van der Waals surface area contributed by atoms with E-state index in [0.29, 0.717) is 28.8 Å². The lowest BCUT2D eigenvalue weighted by Crippen LogP contribution is -2.05. The summed E-state index contributed by atoms with van der Waals surface area (Å²) in [6.45, 7) is 2.10. The molecule has 110 valence electrons. The van der Waals surface area contributed by atoms with Gasteiger partial charge in [0.25, 0.3) is 0 Å². The van der Waals surface area contributed by atoms with Crippen LogP contribution in [0.5, 0.6) is 5.75 Å². The second-order valence-corrected chi connectivity index (χ2v) is 4.53. The van der Waals surface area contributed by atoms with Crippen LogP contribution in [0.1, 0.15) is 17.3 Å². The maximum Gasteiger partial charge on any atom is 0.339 e. The van der Waals surface area contributed by atoms with Crippen molar-refractivity contribution < 1.29 is 14.3 Å². The second kappa shape index (κ2) is 6.95. The third kappa shape index (κ3) is 3.86. The molecule has 2 rings (SSSR count). The van der Waals surface area contributed by atoms with Gasteiger partial charge in [0.05, 0.1) is 24.3 Å². The van der Waals surface area contributed by atoms with E-state index in [1.165, 1.54) is 6.20 Å². The molecule has 1 N–H and O–H groups in total. The summed E-state index contributed by atoms with van der Waals surface area (Å²) in [4.78, 5) is 15.7. The molecule has 0 saturated heterocycles. The van der Waals surface area contributed by atoms with E-state index in [1.807, 2.05) is 6.07 Å². The summed E-state index contributed by atoms with van der Waals surface area (Å²) >= 11 is 5.96. The first kappa shape index (κ1) is 15.1. The largest absolute Gasteiger partial charge is 0.495 e. The van der Waals surface area contributed by atoms with Crippen LogP contribution >= 0.6 is 11.6 Å². The molecule has 0 spiro atoms. The summed E-state index contributed by atoms with van der Waals surface area (Å²) in [6.07, 6.45) is 1.47. The summed E-state index contributed by atoms with van der Waals surface area (Å²) in [6, 6.07) is 8.67. The van der Waals surface area contributed by atoms with Gasteiger partial charge in [0.15, 0.2) is 0 Å². The van der Waals surface area contributed by atoms with Crippen LogP contribution in [0.2, 0.25) is 5.02 Å². The van der Waals surface area contributed by atoms with Crippen LogP contribution < -0.4 is 10.1 Å². The monoisotopic (exact) mass is 306 g/mol. The van der Waals surface area contributed by atoms with E-state index < -0.39 is 0 Å². The summed E-state index contributed by atoms with van der Waals surface area (Å²) in [5, 5.41) is 3.64. The summed E-state index contributed by atoms with van der Waals surface area (Å²) in [7, 11) is 1.55. The number of hydrogen-bond acceptors (Lipinski definition) is 5. The van der Waals surface area contributed by atoms with E-state index in [1.54, 1.807) is 38.3 Å². The van der Waals surface area contributed by atoms with Gasteiger partial charge >= 0.3 is 5.97 Å². The minimum atomic E-state index is -0.385. The summed E-state index contributed by atoms with van der Waals surface area (Å²) < 4.78 is 10.0. The smallest absolute Gasteiger partial charge is 0.339 e. The molecule has 0 aliphatic carbocycles. The van der Waals surface area contributed by atoms with Crippen LogP contribution in [0.3, 0.4) is 0 Å². The van der Waals surface area contributed by atoms with Crippen molar-refractivity contribution in [2.45, 2.75) is 6.92 Å². The number of nitrogens with one attached hydrogen (secondary N) is 1. The topological polar surface area (TPSA) is 60.5 Å². The number of esters is 1. The molecule has 1 heterocycles. The van der Waals surface area contributed by atoms with Crippen molar-refractivity contribution in [3.05, 3.63) is 47.1 Å². The molecule has 0 unspecified atom stereocenters. The number of ether oxygens (including phenoxy) is 2. The summed E-state index contributed by atoms with van der Waals surface area (Å²) in [5.74, 6) is 0.793. The number of nitrogens with zero attached hydrogens (tertiary/aromatic N) is 1. The van der Waals surface area contributed by atoms with Gasteiger partial charge in [-0.25, -0.2) is 9.78 Å². The van der Waals surface area contributed by atoms with Crippen LogP contribution in [0, 0.1) is 0 Å². The van der Waals surface area contributed by atoms with Crippen molar-refractivity contribution in [2.75, 3.05) is 19.0 Å². The van der Waals surface area contributed by atoms with Crippen molar-refractivity contribution in [3.8, 4) is 5.75 Å². The van der Waals surface area contributed by atoms with E-state index in [4.69, 9.17) is 21.1 Å². The molecule has 1 aromatic heterocycles. The minimum Gasteiger partial charge on any atom is -0.495 e. The molecular weight excluding hydrogens is 292 g/mol. The highest BCUT2D eigenvalue weighted by Crippen LogP contribution is 2.28. The number of halogens is 1. The van der Waals surface area contributed by atoms with Gasteiger partial charge in [-0.2, -0.15) is 0 Å². The van der Waals surface area contributed by atoms with E-state index in [2.05, 4.69) is 10.3 Å². The number of anilines is 2. The SMILES string of the molecule is CCOC(=O)c1ccc(Nc2ccc(Cl)c(OC)c2)nc1. The Hall–Kier alpha value is -2.27. The fourth-order valence-corrected chi connectivity index (χ4v) is 1.88. The van der Waals surface area contributed by atoms with Gasteiger partial charge in [-0.1, -0.05) is 11.6 Å². The van der Waals surface area contributed by atoms with E-state index >= 15 is 0 Å². The molecule has 0 radical (unpaired) electrons. The van der Waals surface area contributed by atoms with Crippen LogP contribution in [-0.4, -0.2) is 24.7 Å². The fraction of sp³-hybridized carbons (Fsp3) is 0.200. The Morgan fingerprint density at radius 2 is 2.14 bits per heavy atom. The highest BCUT2D eigenvalue weighted by Gasteiger charge is 2.07. The molecule has 21 heavy (non-hydrogen) atoms. The van der Waals surface area contributed by atoms with E-state index in [-0.39, 0.29) is 5.97 Å². The van der Waals surface area contributed by atoms with Crippen LogP contribution in [0.4, 0.5) is 11.5 Å². The van der Waals surface area contributed by atoms with Gasteiger partial charge in [0.1, 0.15) is 11.6 Å². The standard InChI is InChI=1S/C15H15ClN2O3/c1-3-21-15(19)10-4-7-14(17-9-10)18-11-5-6-12(16)13(8-11)20-2/h4-9H,3H2,1-2H3,(H,17,18). The maximum absolute atomic E-state index is 11.5. The maximum atomic E-state index is 11.5. The Morgan fingerprint density at radius 3 is 2.76 bits per heavy atom. The average Bonchev–Trinajstić information content (AvgIpc) is 2.50. The first-order valence-corrected chi connectivity index (χ1v) is 6.75. The Kier molecular flexibility index (Phi) is 5.00. The molecule has 0 saturated carbocycles. The predicted molar refractivity (Wildman–Crippen MR) is 81.5 cm³/mol. The Balaban J connectivity index is 2.11. The van der Waals surface area contributed by atoms with Crippen molar-refractivity contribution in [2.24, 2.45) is 0 Å². The number of methoxy groups -OCH3 is 1. The van der Waals surface area contributed by atoms with Gasteiger partial charge in [0, 0.05) is 18.0 Å². The molecule has 0 aliphatic rings. The Labute approximate surface area is 127 Å². The molecular formula is C15H15ClN2O3. The third-order valence-corrected chi connectivity index (χ3v) is 3.01. The minimum absolute atomic E-state index is 0.337. The van der Waals surface area contributed by atoms with Crippen LogP contribution in [0.15, 0.2) is 36.5 Å². The van der Waals surface area contributed by atoms with Crippen molar-refractivity contribution in [3.63, 3.8) is 0 Å². The van der Waals surface area contributed by atoms with Gasteiger partial charge in [0.2, 0.25) is 0 Å². The van der Waals surface area contributed by atoms with E-state index in [9.17, 15) is 4.79 Å².